The predicted molar refractivity (Wildman–Crippen MR) is 58.3 cm³/mol. The first-order chi connectivity index (χ1) is 7.24. The van der Waals surface area contributed by atoms with E-state index < -0.39 is 0 Å². The van der Waals surface area contributed by atoms with Crippen LogP contribution in [0.15, 0.2) is 18.2 Å². The van der Waals surface area contributed by atoms with E-state index in [-0.39, 0.29) is 5.97 Å². The van der Waals surface area contributed by atoms with Gasteiger partial charge in [-0.15, -0.1) is 0 Å². The van der Waals surface area contributed by atoms with Crippen LogP contribution in [-0.2, 0) is 11.2 Å². The van der Waals surface area contributed by atoms with Crippen LogP contribution in [0.4, 0.5) is 0 Å². The summed E-state index contributed by atoms with van der Waals surface area (Å²) in [5.74, 6) is 0.455. The molecule has 3 nitrogen and oxygen atoms in total. The topological polar surface area (TPSA) is 35.5 Å². The van der Waals surface area contributed by atoms with E-state index in [9.17, 15) is 4.79 Å². The molecule has 0 spiro atoms. The van der Waals surface area contributed by atoms with Crippen molar-refractivity contribution in [1.29, 1.82) is 0 Å². The van der Waals surface area contributed by atoms with Crippen molar-refractivity contribution in [2.45, 2.75) is 20.3 Å². The van der Waals surface area contributed by atoms with Gasteiger partial charge in [0.1, 0.15) is 5.75 Å². The van der Waals surface area contributed by atoms with Crippen molar-refractivity contribution in [3.05, 3.63) is 29.3 Å². The molecule has 0 N–H and O–H groups in total. The highest BCUT2D eigenvalue weighted by Gasteiger charge is 2.14. The molecule has 0 saturated heterocycles. The molecule has 1 rings (SSSR count). The molecule has 1 aromatic rings. The molecular formula is C12H16O3. The van der Waals surface area contributed by atoms with Crippen LogP contribution in [0.25, 0.3) is 0 Å². The Labute approximate surface area is 90.0 Å². The van der Waals surface area contributed by atoms with Crippen LogP contribution >= 0.6 is 0 Å². The Morgan fingerprint density at radius 2 is 2.07 bits per heavy atom. The van der Waals surface area contributed by atoms with E-state index in [1.165, 1.54) is 0 Å². The Morgan fingerprint density at radius 1 is 1.33 bits per heavy atom. The van der Waals surface area contributed by atoms with Gasteiger partial charge in [-0.3, -0.25) is 0 Å². The average Bonchev–Trinajstić information content (AvgIpc) is 2.28. The molecule has 0 fully saturated rings. The van der Waals surface area contributed by atoms with Gasteiger partial charge in [-0.25, -0.2) is 4.79 Å². The molecule has 3 heteroatoms. The van der Waals surface area contributed by atoms with E-state index in [0.717, 1.165) is 17.7 Å². The molecule has 82 valence electrons. The maximum atomic E-state index is 11.6. The Morgan fingerprint density at radius 3 is 2.60 bits per heavy atom. The zero-order chi connectivity index (χ0) is 11.3. The number of hydrogen-bond donors (Lipinski definition) is 0. The van der Waals surface area contributed by atoms with Crippen molar-refractivity contribution in [3.63, 3.8) is 0 Å². The van der Waals surface area contributed by atoms with E-state index in [0.29, 0.717) is 12.2 Å². The van der Waals surface area contributed by atoms with E-state index in [4.69, 9.17) is 9.47 Å². The second kappa shape index (κ2) is 5.39. The molecule has 0 bridgehead atoms. The van der Waals surface area contributed by atoms with Crippen molar-refractivity contribution in [1.82, 2.24) is 0 Å². The quantitative estimate of drug-likeness (QED) is 0.713. The predicted octanol–water partition coefficient (Wildman–Crippen LogP) is 2.43. The Kier molecular flexibility index (Phi) is 4.16. The Bertz CT molecular complexity index is 345. The van der Waals surface area contributed by atoms with E-state index in [2.05, 4.69) is 0 Å². The third-order valence-corrected chi connectivity index (χ3v) is 2.20. The van der Waals surface area contributed by atoms with Crippen molar-refractivity contribution >= 4 is 5.97 Å². The number of methoxy groups -OCH3 is 1. The van der Waals surface area contributed by atoms with E-state index in [1.54, 1.807) is 26.2 Å². The van der Waals surface area contributed by atoms with Gasteiger partial charge in [0.2, 0.25) is 0 Å². The second-order valence-electron chi connectivity index (χ2n) is 3.06. The molecule has 0 heterocycles. The number of carbonyl (C=O) groups excluding carboxylic acids is 1. The molecule has 0 aliphatic heterocycles. The van der Waals surface area contributed by atoms with Gasteiger partial charge in [0, 0.05) is 5.56 Å². The van der Waals surface area contributed by atoms with Crippen LogP contribution in [0, 0.1) is 0 Å². The summed E-state index contributed by atoms with van der Waals surface area (Å²) >= 11 is 0. The number of ether oxygens (including phenoxy) is 2. The minimum atomic E-state index is -0.284. The van der Waals surface area contributed by atoms with Gasteiger partial charge in [-0.2, -0.15) is 0 Å². The highest BCUT2D eigenvalue weighted by molar-refractivity contribution is 5.91. The fourth-order valence-electron chi connectivity index (χ4n) is 1.52. The monoisotopic (exact) mass is 208 g/mol. The van der Waals surface area contributed by atoms with Crippen molar-refractivity contribution < 1.29 is 14.3 Å². The van der Waals surface area contributed by atoms with Gasteiger partial charge >= 0.3 is 5.97 Å². The van der Waals surface area contributed by atoms with Crippen LogP contribution in [0.3, 0.4) is 0 Å². The Hall–Kier alpha value is -1.51. The molecule has 0 aromatic heterocycles. The van der Waals surface area contributed by atoms with Gasteiger partial charge in [0.05, 0.1) is 19.3 Å². The zero-order valence-electron chi connectivity index (χ0n) is 9.37. The zero-order valence-corrected chi connectivity index (χ0v) is 9.37. The molecule has 0 unspecified atom stereocenters. The lowest BCUT2D eigenvalue weighted by molar-refractivity contribution is 0.0524. The van der Waals surface area contributed by atoms with Gasteiger partial charge in [0.15, 0.2) is 0 Å². The molecule has 0 aliphatic rings. The fourth-order valence-corrected chi connectivity index (χ4v) is 1.52. The lowest BCUT2D eigenvalue weighted by atomic mass is 10.0. The number of rotatable bonds is 4. The molecule has 0 amide bonds. The summed E-state index contributed by atoms with van der Waals surface area (Å²) in [6.07, 6.45) is 0.748. The van der Waals surface area contributed by atoms with Gasteiger partial charge in [-0.05, 0) is 25.5 Å². The maximum Gasteiger partial charge on any atom is 0.338 e. The first kappa shape index (κ1) is 11.6. The van der Waals surface area contributed by atoms with Gasteiger partial charge < -0.3 is 9.47 Å². The lowest BCUT2D eigenvalue weighted by Gasteiger charge is -2.11. The van der Waals surface area contributed by atoms with Gasteiger partial charge in [-0.1, -0.05) is 13.0 Å². The van der Waals surface area contributed by atoms with Crippen molar-refractivity contribution in [3.8, 4) is 5.75 Å². The molecule has 0 aliphatic carbocycles. The number of esters is 1. The molecule has 1 aromatic carbocycles. The summed E-state index contributed by atoms with van der Waals surface area (Å²) in [6, 6.07) is 5.41. The summed E-state index contributed by atoms with van der Waals surface area (Å²) in [4.78, 5) is 11.6. The summed E-state index contributed by atoms with van der Waals surface area (Å²) in [7, 11) is 1.60. The van der Waals surface area contributed by atoms with Crippen molar-refractivity contribution in [2.24, 2.45) is 0 Å². The average molecular weight is 208 g/mol. The number of carbonyl (C=O) groups is 1. The summed E-state index contributed by atoms with van der Waals surface area (Å²) in [5.41, 5.74) is 1.50. The number of benzene rings is 1. The van der Waals surface area contributed by atoms with E-state index >= 15 is 0 Å². The first-order valence-corrected chi connectivity index (χ1v) is 5.07. The van der Waals surface area contributed by atoms with E-state index in [1.807, 2.05) is 13.0 Å². The van der Waals surface area contributed by atoms with Crippen molar-refractivity contribution in [2.75, 3.05) is 13.7 Å². The maximum absolute atomic E-state index is 11.6. The van der Waals surface area contributed by atoms with Gasteiger partial charge in [0.25, 0.3) is 0 Å². The third kappa shape index (κ3) is 2.49. The minimum absolute atomic E-state index is 0.284. The fraction of sp³-hybridized carbons (Fsp3) is 0.417. The minimum Gasteiger partial charge on any atom is -0.496 e. The van der Waals surface area contributed by atoms with Crippen LogP contribution in [0.1, 0.15) is 29.8 Å². The van der Waals surface area contributed by atoms with Crippen LogP contribution in [0.5, 0.6) is 5.75 Å². The second-order valence-corrected chi connectivity index (χ2v) is 3.06. The smallest absolute Gasteiger partial charge is 0.338 e. The highest BCUT2D eigenvalue weighted by Crippen LogP contribution is 2.23. The molecule has 0 atom stereocenters. The SMILES string of the molecule is CCOC(=O)c1cccc(OC)c1CC. The largest absolute Gasteiger partial charge is 0.496 e. The van der Waals surface area contributed by atoms with Crippen LogP contribution in [-0.4, -0.2) is 19.7 Å². The normalized spacial score (nSPS) is 9.80. The molecular weight excluding hydrogens is 192 g/mol. The Balaban J connectivity index is 3.11. The molecule has 0 radical (unpaired) electrons. The summed E-state index contributed by atoms with van der Waals surface area (Å²) in [5, 5.41) is 0. The molecule has 15 heavy (non-hydrogen) atoms. The summed E-state index contributed by atoms with van der Waals surface area (Å²) in [6.45, 7) is 4.17. The molecule has 0 saturated carbocycles. The number of hydrogen-bond acceptors (Lipinski definition) is 3. The highest BCUT2D eigenvalue weighted by atomic mass is 16.5. The lowest BCUT2D eigenvalue weighted by Crippen LogP contribution is -2.08. The van der Waals surface area contributed by atoms with Crippen LogP contribution in [0.2, 0.25) is 0 Å². The van der Waals surface area contributed by atoms with Crippen LogP contribution < -0.4 is 4.74 Å². The standard InChI is InChI=1S/C12H16O3/c1-4-9-10(12(13)15-5-2)7-6-8-11(9)14-3/h6-8H,4-5H2,1-3H3. The summed E-state index contributed by atoms with van der Waals surface area (Å²) < 4.78 is 10.2. The first-order valence-electron chi connectivity index (χ1n) is 5.07. The third-order valence-electron chi connectivity index (χ3n) is 2.20.